The molecular weight excluding hydrogens is 238 g/mol. The molecule has 0 radical (unpaired) electrons. The molecule has 0 fully saturated rings. The average molecular weight is 251 g/mol. The average Bonchev–Trinajstić information content (AvgIpc) is 2.75. The van der Waals surface area contributed by atoms with Gasteiger partial charge in [0.1, 0.15) is 13.1 Å². The fourth-order valence-electron chi connectivity index (χ4n) is 1.25. The number of carbonyl (C=O) groups is 2. The molecule has 8 heteroatoms. The highest BCUT2D eigenvalue weighted by molar-refractivity contribution is 5.81. The maximum absolute atomic E-state index is 11.8. The highest BCUT2D eigenvalue weighted by atomic mass is 16.4. The number of aliphatic carboxylic acids is 1. The number of carboxylic acids is 1. The van der Waals surface area contributed by atoms with Crippen LogP contribution >= 0.6 is 0 Å². The number of rotatable bonds is 6. The Balaban J connectivity index is 2.66. The molecule has 8 nitrogen and oxygen atoms in total. The number of carbonyl (C=O) groups excluding carboxylic acids is 1. The number of nitrogens with zero attached hydrogens (tertiary/aromatic N) is 4. The molecule has 1 heterocycles. The summed E-state index contributed by atoms with van der Waals surface area (Å²) < 4.78 is 1.29. The summed E-state index contributed by atoms with van der Waals surface area (Å²) in [6.07, 6.45) is 6.59. The zero-order valence-electron chi connectivity index (χ0n) is 9.61. The predicted molar refractivity (Wildman–Crippen MR) is 61.0 cm³/mol. The van der Waals surface area contributed by atoms with Crippen molar-refractivity contribution in [3.63, 3.8) is 0 Å². The Morgan fingerprint density at radius 3 is 2.83 bits per heavy atom. The summed E-state index contributed by atoms with van der Waals surface area (Å²) in [6.45, 7) is -0.412. The van der Waals surface area contributed by atoms with E-state index in [1.807, 2.05) is 0 Å². The number of carboxylic acid groups (broad SMARTS) is 1. The third-order valence-corrected chi connectivity index (χ3v) is 2.05. The van der Waals surface area contributed by atoms with Crippen molar-refractivity contribution in [1.29, 1.82) is 0 Å². The molecule has 0 spiro atoms. The molecule has 3 N–H and O–H groups in total. The Bertz CT molecular complexity index is 476. The van der Waals surface area contributed by atoms with Crippen molar-refractivity contribution >= 4 is 11.9 Å². The number of hydrogen-bond acceptors (Lipinski definition) is 5. The van der Waals surface area contributed by atoms with Gasteiger partial charge in [-0.25, -0.2) is 4.68 Å². The van der Waals surface area contributed by atoms with Crippen molar-refractivity contribution in [3.8, 4) is 12.3 Å². The van der Waals surface area contributed by atoms with Crippen molar-refractivity contribution in [3.05, 3.63) is 11.9 Å². The maximum atomic E-state index is 11.8. The Hall–Kier alpha value is -2.40. The van der Waals surface area contributed by atoms with Crippen LogP contribution in [0.1, 0.15) is 5.69 Å². The molecular formula is C10H13N5O3. The van der Waals surface area contributed by atoms with Gasteiger partial charge < -0.3 is 15.7 Å². The Labute approximate surface area is 103 Å². The third-order valence-electron chi connectivity index (χ3n) is 2.05. The Kier molecular flexibility index (Phi) is 4.83. The lowest BCUT2D eigenvalue weighted by Crippen LogP contribution is -2.38. The molecule has 96 valence electrons. The van der Waals surface area contributed by atoms with Crippen LogP contribution in [0.4, 0.5) is 0 Å². The van der Waals surface area contributed by atoms with Crippen molar-refractivity contribution in [1.82, 2.24) is 19.9 Å². The standard InChI is InChI=1S/C10H13N5O3/c1-2-3-14(7-10(17)18)9(16)6-15-5-8(4-11)12-13-15/h1,5H,3-4,6-7,11H2,(H,17,18). The first-order valence-electron chi connectivity index (χ1n) is 5.09. The van der Waals surface area contributed by atoms with Gasteiger partial charge in [0.2, 0.25) is 5.91 Å². The molecule has 1 rings (SSSR count). The zero-order valence-corrected chi connectivity index (χ0v) is 9.61. The summed E-state index contributed by atoms with van der Waals surface area (Å²) in [5.41, 5.74) is 5.90. The van der Waals surface area contributed by atoms with Crippen LogP contribution in [0.25, 0.3) is 0 Å². The molecule has 1 amide bonds. The Morgan fingerprint density at radius 2 is 2.33 bits per heavy atom. The molecule has 0 aromatic carbocycles. The fourth-order valence-corrected chi connectivity index (χ4v) is 1.25. The van der Waals surface area contributed by atoms with E-state index >= 15 is 0 Å². The summed E-state index contributed by atoms with van der Waals surface area (Å²) in [6, 6.07) is 0. The van der Waals surface area contributed by atoms with E-state index in [-0.39, 0.29) is 19.6 Å². The van der Waals surface area contributed by atoms with Crippen LogP contribution in [-0.4, -0.2) is 50.0 Å². The SMILES string of the molecule is C#CCN(CC(=O)O)C(=O)Cn1cc(CN)nn1. The van der Waals surface area contributed by atoms with E-state index in [4.69, 9.17) is 17.3 Å². The fraction of sp³-hybridized carbons (Fsp3) is 0.400. The monoisotopic (exact) mass is 251 g/mol. The number of hydrogen-bond donors (Lipinski definition) is 2. The quantitative estimate of drug-likeness (QED) is 0.581. The van der Waals surface area contributed by atoms with Crippen molar-refractivity contribution in [2.75, 3.05) is 13.1 Å². The van der Waals surface area contributed by atoms with E-state index in [0.29, 0.717) is 5.69 Å². The van der Waals surface area contributed by atoms with Gasteiger partial charge in [0, 0.05) is 6.54 Å². The van der Waals surface area contributed by atoms with E-state index < -0.39 is 18.4 Å². The molecule has 0 aliphatic rings. The predicted octanol–water partition coefficient (Wildman–Crippen LogP) is -1.72. The molecule has 1 aromatic heterocycles. The van der Waals surface area contributed by atoms with Gasteiger partial charge in [-0.1, -0.05) is 11.1 Å². The smallest absolute Gasteiger partial charge is 0.323 e. The second-order valence-electron chi connectivity index (χ2n) is 3.46. The van der Waals surface area contributed by atoms with Crippen LogP contribution in [0.2, 0.25) is 0 Å². The van der Waals surface area contributed by atoms with E-state index in [0.717, 1.165) is 4.90 Å². The summed E-state index contributed by atoms with van der Waals surface area (Å²) in [5.74, 6) is 0.667. The molecule has 0 unspecified atom stereocenters. The minimum Gasteiger partial charge on any atom is -0.480 e. The van der Waals surface area contributed by atoms with Crippen LogP contribution in [0.15, 0.2) is 6.20 Å². The van der Waals surface area contributed by atoms with Crippen LogP contribution in [-0.2, 0) is 22.7 Å². The lowest BCUT2D eigenvalue weighted by molar-refractivity contribution is -0.144. The van der Waals surface area contributed by atoms with Gasteiger partial charge in [0.05, 0.1) is 18.4 Å². The van der Waals surface area contributed by atoms with Gasteiger partial charge in [-0.05, 0) is 0 Å². The van der Waals surface area contributed by atoms with Crippen molar-refractivity contribution in [2.45, 2.75) is 13.1 Å². The first-order valence-corrected chi connectivity index (χ1v) is 5.09. The lowest BCUT2D eigenvalue weighted by atomic mass is 10.4. The number of aromatic nitrogens is 3. The molecule has 0 saturated heterocycles. The maximum Gasteiger partial charge on any atom is 0.323 e. The Morgan fingerprint density at radius 1 is 1.61 bits per heavy atom. The van der Waals surface area contributed by atoms with E-state index in [2.05, 4.69) is 16.2 Å². The molecule has 1 aromatic rings. The summed E-state index contributed by atoms with van der Waals surface area (Å²) in [4.78, 5) is 23.4. The first-order chi connectivity index (χ1) is 8.56. The van der Waals surface area contributed by atoms with Crippen LogP contribution in [0, 0.1) is 12.3 Å². The number of terminal acetylenes is 1. The molecule has 0 atom stereocenters. The molecule has 0 saturated carbocycles. The van der Waals surface area contributed by atoms with Gasteiger partial charge in [0.15, 0.2) is 0 Å². The van der Waals surface area contributed by atoms with Gasteiger partial charge in [-0.15, -0.1) is 11.5 Å². The van der Waals surface area contributed by atoms with Crippen LogP contribution < -0.4 is 5.73 Å². The molecule has 0 aliphatic heterocycles. The van der Waals surface area contributed by atoms with Crippen LogP contribution in [0.3, 0.4) is 0 Å². The lowest BCUT2D eigenvalue weighted by Gasteiger charge is -2.17. The van der Waals surface area contributed by atoms with E-state index in [1.165, 1.54) is 10.9 Å². The van der Waals surface area contributed by atoms with Gasteiger partial charge in [-0.2, -0.15) is 0 Å². The normalized spacial score (nSPS) is 9.78. The highest BCUT2D eigenvalue weighted by Gasteiger charge is 2.16. The van der Waals surface area contributed by atoms with E-state index in [1.54, 1.807) is 0 Å². The number of nitrogens with two attached hydrogens (primary N) is 1. The summed E-state index contributed by atoms with van der Waals surface area (Å²) in [7, 11) is 0. The zero-order chi connectivity index (χ0) is 13.5. The second kappa shape index (κ2) is 6.36. The van der Waals surface area contributed by atoms with Gasteiger partial charge in [0.25, 0.3) is 0 Å². The first kappa shape index (κ1) is 13.7. The van der Waals surface area contributed by atoms with Gasteiger partial charge >= 0.3 is 5.97 Å². The minimum atomic E-state index is -1.13. The summed E-state index contributed by atoms with van der Waals surface area (Å²) >= 11 is 0. The minimum absolute atomic E-state index is 0.0659. The molecule has 0 aliphatic carbocycles. The molecule has 0 bridgehead atoms. The van der Waals surface area contributed by atoms with Crippen molar-refractivity contribution in [2.24, 2.45) is 5.73 Å². The topological polar surface area (TPSA) is 114 Å². The second-order valence-corrected chi connectivity index (χ2v) is 3.46. The third kappa shape index (κ3) is 3.88. The highest BCUT2D eigenvalue weighted by Crippen LogP contribution is 1.96. The summed E-state index contributed by atoms with van der Waals surface area (Å²) in [5, 5.41) is 16.1. The number of amides is 1. The van der Waals surface area contributed by atoms with Crippen molar-refractivity contribution < 1.29 is 14.7 Å². The van der Waals surface area contributed by atoms with E-state index in [9.17, 15) is 9.59 Å². The molecule has 18 heavy (non-hydrogen) atoms. The largest absolute Gasteiger partial charge is 0.480 e. The van der Waals surface area contributed by atoms with Crippen LogP contribution in [0.5, 0.6) is 0 Å². The van der Waals surface area contributed by atoms with Gasteiger partial charge in [-0.3, -0.25) is 9.59 Å².